The average Bonchev–Trinajstić information content (AvgIpc) is 2.97. The molecular weight excluding hydrogens is 264 g/mol. The Morgan fingerprint density at radius 1 is 1.28 bits per heavy atom. The summed E-state index contributed by atoms with van der Waals surface area (Å²) in [5.74, 6) is 0.801. The number of hydrogen-bond donors (Lipinski definition) is 0. The highest BCUT2D eigenvalue weighted by Crippen LogP contribution is 2.33. The second-order valence-corrected chi connectivity index (χ2v) is 6.59. The molecule has 0 aliphatic heterocycles. The van der Waals surface area contributed by atoms with E-state index in [0.29, 0.717) is 5.25 Å². The number of aromatic nitrogens is 2. The van der Waals surface area contributed by atoms with Crippen molar-refractivity contribution in [2.24, 2.45) is 0 Å². The van der Waals surface area contributed by atoms with E-state index in [1.165, 1.54) is 0 Å². The summed E-state index contributed by atoms with van der Waals surface area (Å²) >= 11 is 3.31. The minimum Gasteiger partial charge on any atom is -0.463 e. The summed E-state index contributed by atoms with van der Waals surface area (Å²) < 4.78 is 6.55. The third-order valence-electron chi connectivity index (χ3n) is 2.38. The van der Waals surface area contributed by atoms with Crippen molar-refractivity contribution in [3.8, 4) is 11.5 Å². The van der Waals surface area contributed by atoms with Crippen LogP contribution >= 0.6 is 23.1 Å². The van der Waals surface area contributed by atoms with Crippen LogP contribution in [0.5, 0.6) is 0 Å². The Labute approximate surface area is 113 Å². The van der Waals surface area contributed by atoms with Crippen LogP contribution in [0.4, 0.5) is 0 Å². The van der Waals surface area contributed by atoms with Crippen molar-refractivity contribution in [3.05, 3.63) is 29.8 Å². The van der Waals surface area contributed by atoms with Crippen LogP contribution in [0, 0.1) is 0 Å². The number of hydrogen-bond acceptors (Lipinski definition) is 5. The Hall–Kier alpha value is -1.33. The summed E-state index contributed by atoms with van der Waals surface area (Å²) in [4.78, 5) is 9.19. The maximum absolute atomic E-state index is 5.46. The largest absolute Gasteiger partial charge is 0.463 e. The van der Waals surface area contributed by atoms with E-state index in [2.05, 4.69) is 23.8 Å². The fourth-order valence-electron chi connectivity index (χ4n) is 1.69. The lowest BCUT2D eigenvalue weighted by Gasteiger charge is -2.05. The molecule has 0 aliphatic carbocycles. The molecule has 5 heteroatoms. The van der Waals surface area contributed by atoms with E-state index >= 15 is 0 Å². The summed E-state index contributed by atoms with van der Waals surface area (Å²) in [6, 6.07) is 5.84. The van der Waals surface area contributed by atoms with Gasteiger partial charge in [0.2, 0.25) is 0 Å². The maximum Gasteiger partial charge on any atom is 0.189 e. The number of thiophene rings is 1. The Kier molecular flexibility index (Phi) is 3.09. The SMILES string of the molecule is CC(C)Sc1nc(-c2ccco2)c2sccc2n1. The molecule has 0 radical (unpaired) electrons. The molecule has 0 unspecified atom stereocenters. The topological polar surface area (TPSA) is 38.9 Å². The van der Waals surface area contributed by atoms with Crippen LogP contribution in [-0.4, -0.2) is 15.2 Å². The van der Waals surface area contributed by atoms with Gasteiger partial charge in [0.15, 0.2) is 10.9 Å². The van der Waals surface area contributed by atoms with Crippen molar-refractivity contribution < 1.29 is 4.42 Å². The van der Waals surface area contributed by atoms with Gasteiger partial charge in [0.05, 0.1) is 16.5 Å². The van der Waals surface area contributed by atoms with Gasteiger partial charge in [-0.3, -0.25) is 0 Å². The third-order valence-corrected chi connectivity index (χ3v) is 4.15. The number of thioether (sulfide) groups is 1. The molecule has 18 heavy (non-hydrogen) atoms. The second kappa shape index (κ2) is 4.74. The maximum atomic E-state index is 5.46. The molecule has 0 N–H and O–H groups in total. The number of furan rings is 1. The van der Waals surface area contributed by atoms with Gasteiger partial charge in [-0.1, -0.05) is 25.6 Å². The van der Waals surface area contributed by atoms with E-state index in [1.54, 1.807) is 29.4 Å². The van der Waals surface area contributed by atoms with Crippen molar-refractivity contribution in [1.82, 2.24) is 9.97 Å². The molecule has 3 aromatic heterocycles. The Bertz CT molecular complexity index is 659. The molecule has 0 spiro atoms. The van der Waals surface area contributed by atoms with Gasteiger partial charge in [-0.2, -0.15) is 0 Å². The first-order valence-corrected chi connectivity index (χ1v) is 7.46. The first-order chi connectivity index (χ1) is 8.74. The normalized spacial score (nSPS) is 11.5. The van der Waals surface area contributed by atoms with Crippen LogP contribution in [0.2, 0.25) is 0 Å². The molecule has 3 heterocycles. The van der Waals surface area contributed by atoms with Crippen LogP contribution in [-0.2, 0) is 0 Å². The molecule has 0 atom stereocenters. The molecule has 0 bridgehead atoms. The van der Waals surface area contributed by atoms with Gasteiger partial charge in [0, 0.05) is 5.25 Å². The van der Waals surface area contributed by atoms with Gasteiger partial charge in [-0.05, 0) is 23.6 Å². The molecule has 92 valence electrons. The zero-order chi connectivity index (χ0) is 12.5. The Morgan fingerprint density at radius 3 is 2.89 bits per heavy atom. The quantitative estimate of drug-likeness (QED) is 0.523. The molecule has 3 rings (SSSR count). The lowest BCUT2D eigenvalue weighted by atomic mass is 10.3. The van der Waals surface area contributed by atoms with Crippen LogP contribution in [0.15, 0.2) is 39.4 Å². The van der Waals surface area contributed by atoms with Crippen LogP contribution in [0.3, 0.4) is 0 Å². The predicted octanol–water partition coefficient (Wildman–Crippen LogP) is 4.45. The van der Waals surface area contributed by atoms with Crippen molar-refractivity contribution in [2.45, 2.75) is 24.3 Å². The zero-order valence-corrected chi connectivity index (χ0v) is 11.7. The van der Waals surface area contributed by atoms with Gasteiger partial charge in [-0.25, -0.2) is 9.97 Å². The summed E-state index contributed by atoms with van der Waals surface area (Å²) in [7, 11) is 0. The lowest BCUT2D eigenvalue weighted by Crippen LogP contribution is -1.94. The number of nitrogens with zero attached hydrogens (tertiary/aromatic N) is 2. The molecule has 0 aromatic carbocycles. The van der Waals surface area contributed by atoms with Crippen molar-refractivity contribution >= 4 is 33.3 Å². The van der Waals surface area contributed by atoms with Gasteiger partial charge in [-0.15, -0.1) is 11.3 Å². The highest BCUT2D eigenvalue weighted by molar-refractivity contribution is 7.99. The predicted molar refractivity (Wildman–Crippen MR) is 76.1 cm³/mol. The molecule has 3 nitrogen and oxygen atoms in total. The molecule has 3 aromatic rings. The smallest absolute Gasteiger partial charge is 0.189 e. The summed E-state index contributed by atoms with van der Waals surface area (Å²) in [5, 5.41) is 3.31. The van der Waals surface area contributed by atoms with Crippen LogP contribution in [0.1, 0.15) is 13.8 Å². The first kappa shape index (κ1) is 11.7. The molecule has 0 amide bonds. The molecule has 0 saturated carbocycles. The van der Waals surface area contributed by atoms with Crippen LogP contribution < -0.4 is 0 Å². The fraction of sp³-hybridized carbons (Fsp3) is 0.231. The van der Waals surface area contributed by atoms with Gasteiger partial charge < -0.3 is 4.42 Å². The van der Waals surface area contributed by atoms with Gasteiger partial charge >= 0.3 is 0 Å². The van der Waals surface area contributed by atoms with Gasteiger partial charge in [0.1, 0.15) is 5.69 Å². The fourth-order valence-corrected chi connectivity index (χ4v) is 3.23. The van der Waals surface area contributed by atoms with E-state index in [4.69, 9.17) is 4.42 Å². The summed E-state index contributed by atoms with van der Waals surface area (Å²) in [6.45, 7) is 4.27. The van der Waals surface area contributed by atoms with Gasteiger partial charge in [0.25, 0.3) is 0 Å². The number of fused-ring (bicyclic) bond motifs is 1. The van der Waals surface area contributed by atoms with Crippen molar-refractivity contribution in [2.75, 3.05) is 0 Å². The highest BCUT2D eigenvalue weighted by Gasteiger charge is 2.13. The van der Waals surface area contributed by atoms with E-state index in [9.17, 15) is 0 Å². The monoisotopic (exact) mass is 276 g/mol. The molecule has 0 fully saturated rings. The molecular formula is C13H12N2OS2. The van der Waals surface area contributed by atoms with E-state index in [-0.39, 0.29) is 0 Å². The highest BCUT2D eigenvalue weighted by atomic mass is 32.2. The average molecular weight is 276 g/mol. The van der Waals surface area contributed by atoms with Crippen LogP contribution in [0.25, 0.3) is 21.7 Å². The number of rotatable bonds is 3. The van der Waals surface area contributed by atoms with E-state index in [1.807, 2.05) is 23.6 Å². The summed E-state index contributed by atoms with van der Waals surface area (Å²) in [6.07, 6.45) is 1.67. The third kappa shape index (κ3) is 2.15. The van der Waals surface area contributed by atoms with Crippen molar-refractivity contribution in [3.63, 3.8) is 0 Å². The Balaban J connectivity index is 2.18. The zero-order valence-electron chi connectivity index (χ0n) is 10.1. The second-order valence-electron chi connectivity index (χ2n) is 4.13. The minimum absolute atomic E-state index is 0.463. The molecule has 0 saturated heterocycles. The first-order valence-electron chi connectivity index (χ1n) is 5.70. The Morgan fingerprint density at radius 2 is 2.17 bits per heavy atom. The van der Waals surface area contributed by atoms with E-state index in [0.717, 1.165) is 26.8 Å². The standard InChI is InChI=1S/C13H12N2OS2/c1-8(2)18-13-14-9-5-7-17-12(9)11(15-13)10-4-3-6-16-10/h3-8H,1-2H3. The van der Waals surface area contributed by atoms with Crippen molar-refractivity contribution in [1.29, 1.82) is 0 Å². The molecule has 0 aliphatic rings. The lowest BCUT2D eigenvalue weighted by molar-refractivity contribution is 0.580. The summed E-state index contributed by atoms with van der Waals surface area (Å²) in [5.41, 5.74) is 1.88. The minimum atomic E-state index is 0.463. The van der Waals surface area contributed by atoms with E-state index < -0.39 is 0 Å².